The van der Waals surface area contributed by atoms with Gasteiger partial charge in [-0.2, -0.15) is 4.31 Å². The third-order valence-corrected chi connectivity index (χ3v) is 7.50. The van der Waals surface area contributed by atoms with Crippen molar-refractivity contribution in [2.45, 2.75) is 44.0 Å². The van der Waals surface area contributed by atoms with E-state index in [4.69, 9.17) is 4.74 Å². The fourth-order valence-electron chi connectivity index (χ4n) is 3.68. The van der Waals surface area contributed by atoms with Crippen molar-refractivity contribution < 1.29 is 27.7 Å². The van der Waals surface area contributed by atoms with Crippen LogP contribution in [-0.2, 0) is 19.6 Å². The molecule has 0 bridgehead atoms. The summed E-state index contributed by atoms with van der Waals surface area (Å²) in [6.07, 6.45) is 2.51. The van der Waals surface area contributed by atoms with Gasteiger partial charge in [0.1, 0.15) is 5.69 Å². The Kier molecular flexibility index (Phi) is 7.44. The molecule has 1 atom stereocenters. The van der Waals surface area contributed by atoms with Gasteiger partial charge in [0.2, 0.25) is 10.0 Å². The van der Waals surface area contributed by atoms with Gasteiger partial charge in [0, 0.05) is 18.7 Å². The number of piperidine rings is 1. The number of nitro groups is 1. The van der Waals surface area contributed by atoms with Crippen molar-refractivity contribution in [2.24, 2.45) is 0 Å². The van der Waals surface area contributed by atoms with E-state index in [1.807, 2.05) is 6.92 Å². The minimum absolute atomic E-state index is 0.0156. The van der Waals surface area contributed by atoms with Crippen molar-refractivity contribution in [1.29, 1.82) is 0 Å². The zero-order chi connectivity index (χ0) is 24.2. The number of nitrogens with one attached hydrogen (secondary N) is 1. The SMILES string of the molecule is Cc1ccc(S(=O)(=O)N2CCCCC2C)cc1C(=O)OCC(=O)Nc1ccccc1[N+](=O)[O-]. The van der Waals surface area contributed by atoms with E-state index in [1.54, 1.807) is 6.92 Å². The van der Waals surface area contributed by atoms with Gasteiger partial charge >= 0.3 is 5.97 Å². The van der Waals surface area contributed by atoms with Gasteiger partial charge in [-0.05, 0) is 50.5 Å². The van der Waals surface area contributed by atoms with Crippen molar-refractivity contribution in [3.8, 4) is 0 Å². The summed E-state index contributed by atoms with van der Waals surface area (Å²) in [5, 5.41) is 13.4. The Bertz CT molecular complexity index is 1180. The molecule has 0 radical (unpaired) electrons. The van der Waals surface area contributed by atoms with Crippen LogP contribution in [0.5, 0.6) is 0 Å². The van der Waals surface area contributed by atoms with Crippen molar-refractivity contribution in [3.63, 3.8) is 0 Å². The summed E-state index contributed by atoms with van der Waals surface area (Å²) in [6, 6.07) is 9.67. The molecular weight excluding hydrogens is 450 g/mol. The number of amides is 1. The molecule has 0 aromatic heterocycles. The highest BCUT2D eigenvalue weighted by Crippen LogP contribution is 2.27. The Morgan fingerprint density at radius 1 is 1.21 bits per heavy atom. The van der Waals surface area contributed by atoms with Gasteiger partial charge in [-0.3, -0.25) is 14.9 Å². The van der Waals surface area contributed by atoms with E-state index in [1.165, 1.54) is 46.8 Å². The average molecular weight is 476 g/mol. The maximum Gasteiger partial charge on any atom is 0.338 e. The molecule has 0 spiro atoms. The van der Waals surface area contributed by atoms with Gasteiger partial charge in [0.05, 0.1) is 15.4 Å². The molecule has 10 nitrogen and oxygen atoms in total. The van der Waals surface area contributed by atoms with Gasteiger partial charge < -0.3 is 10.1 Å². The topological polar surface area (TPSA) is 136 Å². The van der Waals surface area contributed by atoms with E-state index in [0.717, 1.165) is 19.3 Å². The molecule has 3 rings (SSSR count). The molecule has 0 saturated carbocycles. The molecule has 11 heteroatoms. The number of rotatable bonds is 7. The van der Waals surface area contributed by atoms with Gasteiger partial charge in [0.15, 0.2) is 6.61 Å². The van der Waals surface area contributed by atoms with Crippen LogP contribution in [0.4, 0.5) is 11.4 Å². The lowest BCUT2D eigenvalue weighted by Crippen LogP contribution is -2.41. The number of ether oxygens (including phenoxy) is 1. The van der Waals surface area contributed by atoms with Crippen LogP contribution in [0.15, 0.2) is 47.4 Å². The number of hydrogen-bond donors (Lipinski definition) is 1. The molecule has 2 aromatic rings. The second-order valence-corrected chi connectivity index (χ2v) is 9.73. The normalized spacial score (nSPS) is 16.7. The number of nitro benzene ring substituents is 1. The van der Waals surface area contributed by atoms with E-state index in [0.29, 0.717) is 12.1 Å². The first kappa shape index (κ1) is 24.3. The third-order valence-electron chi connectivity index (χ3n) is 5.49. The smallest absolute Gasteiger partial charge is 0.338 e. The standard InChI is InChI=1S/C22H25N3O7S/c1-15-10-11-17(33(30,31)24-12-6-5-7-16(24)2)13-18(15)22(27)32-14-21(26)23-19-8-3-4-9-20(19)25(28)29/h3-4,8-11,13,16H,5-7,12,14H2,1-2H3,(H,23,26). The second-order valence-electron chi connectivity index (χ2n) is 7.84. The Hall–Kier alpha value is -3.31. The maximum atomic E-state index is 13.1. The summed E-state index contributed by atoms with van der Waals surface area (Å²) in [4.78, 5) is 35.2. The summed E-state index contributed by atoms with van der Waals surface area (Å²) in [5.74, 6) is -1.63. The lowest BCUT2D eigenvalue weighted by molar-refractivity contribution is -0.383. The summed E-state index contributed by atoms with van der Waals surface area (Å²) in [5.41, 5.74) is 0.199. The van der Waals surface area contributed by atoms with Crippen molar-refractivity contribution in [3.05, 3.63) is 63.7 Å². The number of para-hydroxylation sites is 2. The van der Waals surface area contributed by atoms with E-state index < -0.39 is 33.4 Å². The zero-order valence-electron chi connectivity index (χ0n) is 18.3. The molecule has 2 aromatic carbocycles. The van der Waals surface area contributed by atoms with Crippen molar-refractivity contribution in [2.75, 3.05) is 18.5 Å². The first-order chi connectivity index (χ1) is 15.6. The van der Waals surface area contributed by atoms with E-state index in [-0.39, 0.29) is 27.9 Å². The minimum atomic E-state index is -3.79. The molecule has 1 fully saturated rings. The van der Waals surface area contributed by atoms with Crippen LogP contribution in [0.25, 0.3) is 0 Å². The van der Waals surface area contributed by atoms with Crippen LogP contribution in [-0.4, -0.2) is 48.7 Å². The van der Waals surface area contributed by atoms with Crippen molar-refractivity contribution in [1.82, 2.24) is 4.31 Å². The number of benzene rings is 2. The highest BCUT2D eigenvalue weighted by atomic mass is 32.2. The third kappa shape index (κ3) is 5.55. The highest BCUT2D eigenvalue weighted by molar-refractivity contribution is 7.89. The number of esters is 1. The molecule has 1 heterocycles. The van der Waals surface area contributed by atoms with Gasteiger partial charge in [-0.15, -0.1) is 0 Å². The monoisotopic (exact) mass is 475 g/mol. The first-order valence-corrected chi connectivity index (χ1v) is 11.9. The lowest BCUT2D eigenvalue weighted by atomic mass is 10.1. The van der Waals surface area contributed by atoms with Gasteiger partial charge in [-0.25, -0.2) is 13.2 Å². The molecule has 176 valence electrons. The number of aryl methyl sites for hydroxylation is 1. The second kappa shape index (κ2) is 10.1. The fraction of sp³-hybridized carbons (Fsp3) is 0.364. The van der Waals surface area contributed by atoms with Crippen LogP contribution in [0, 0.1) is 17.0 Å². The Labute approximate surface area is 191 Å². The average Bonchev–Trinajstić information content (AvgIpc) is 2.78. The summed E-state index contributed by atoms with van der Waals surface area (Å²) in [7, 11) is -3.79. The molecule has 1 N–H and O–H groups in total. The summed E-state index contributed by atoms with van der Waals surface area (Å²) in [6.45, 7) is 3.22. The Morgan fingerprint density at radius 2 is 1.94 bits per heavy atom. The largest absolute Gasteiger partial charge is 0.452 e. The highest BCUT2D eigenvalue weighted by Gasteiger charge is 2.31. The van der Waals surface area contributed by atoms with Crippen LogP contribution in [0.2, 0.25) is 0 Å². The fourth-order valence-corrected chi connectivity index (χ4v) is 5.41. The number of hydrogen-bond acceptors (Lipinski definition) is 7. The molecule has 0 aliphatic carbocycles. The molecule has 1 unspecified atom stereocenters. The number of carbonyl (C=O) groups is 2. The molecule has 1 aliphatic rings. The van der Waals surface area contributed by atoms with Gasteiger partial charge in [0.25, 0.3) is 11.6 Å². The van der Waals surface area contributed by atoms with E-state index in [9.17, 15) is 28.1 Å². The molecule has 1 saturated heterocycles. The number of sulfonamides is 1. The predicted molar refractivity (Wildman–Crippen MR) is 120 cm³/mol. The van der Waals surface area contributed by atoms with Crippen LogP contribution >= 0.6 is 0 Å². The van der Waals surface area contributed by atoms with Gasteiger partial charge in [-0.1, -0.05) is 24.6 Å². The van der Waals surface area contributed by atoms with E-state index >= 15 is 0 Å². The predicted octanol–water partition coefficient (Wildman–Crippen LogP) is 3.26. The summed E-state index contributed by atoms with van der Waals surface area (Å²) >= 11 is 0. The molecule has 1 amide bonds. The number of nitrogens with zero attached hydrogens (tertiary/aromatic N) is 2. The quantitative estimate of drug-likeness (QED) is 0.369. The molecule has 33 heavy (non-hydrogen) atoms. The van der Waals surface area contributed by atoms with E-state index in [2.05, 4.69) is 5.32 Å². The first-order valence-electron chi connectivity index (χ1n) is 10.4. The number of carbonyl (C=O) groups excluding carboxylic acids is 2. The zero-order valence-corrected chi connectivity index (χ0v) is 19.1. The van der Waals surface area contributed by atoms with Crippen LogP contribution in [0.3, 0.4) is 0 Å². The lowest BCUT2D eigenvalue weighted by Gasteiger charge is -2.32. The van der Waals surface area contributed by atoms with Crippen molar-refractivity contribution >= 4 is 33.3 Å². The minimum Gasteiger partial charge on any atom is -0.452 e. The van der Waals surface area contributed by atoms with Crippen LogP contribution < -0.4 is 5.32 Å². The maximum absolute atomic E-state index is 13.1. The summed E-state index contributed by atoms with van der Waals surface area (Å²) < 4.78 is 32.7. The van der Waals surface area contributed by atoms with Crippen LogP contribution in [0.1, 0.15) is 42.1 Å². The number of anilines is 1. The molecular formula is C22H25N3O7S. The molecule has 1 aliphatic heterocycles. The Balaban J connectivity index is 1.72. The Morgan fingerprint density at radius 3 is 2.64 bits per heavy atom.